The number of aromatic nitrogens is 2. The van der Waals surface area contributed by atoms with Crippen LogP contribution in [0.5, 0.6) is 0 Å². The van der Waals surface area contributed by atoms with Crippen LogP contribution in [0, 0.1) is 0 Å². The summed E-state index contributed by atoms with van der Waals surface area (Å²) in [5.74, 6) is 0. The molecule has 4 heterocycles. The maximum absolute atomic E-state index is 6.62. The maximum Gasteiger partial charge on any atom is 0.146 e. The van der Waals surface area contributed by atoms with Crippen LogP contribution >= 0.6 is 0 Å². The van der Waals surface area contributed by atoms with E-state index in [2.05, 4.69) is 138 Å². The van der Waals surface area contributed by atoms with Crippen LogP contribution in [-0.4, -0.2) is 9.38 Å². The number of hydrogen-bond donors (Lipinski definition) is 0. The first-order valence-electron chi connectivity index (χ1n) is 17.3. The second-order valence-corrected chi connectivity index (χ2v) is 13.5. The molecule has 0 spiro atoms. The van der Waals surface area contributed by atoms with Gasteiger partial charge in [-0.2, -0.15) is 0 Å². The summed E-state index contributed by atoms with van der Waals surface area (Å²) in [7, 11) is 0. The molecule has 8 aromatic carbocycles. The third-order valence-corrected chi connectivity index (χ3v) is 10.8. The van der Waals surface area contributed by atoms with Gasteiger partial charge in [0.05, 0.1) is 16.6 Å². The Balaban J connectivity index is 1.05. The van der Waals surface area contributed by atoms with Crippen molar-refractivity contribution in [1.29, 1.82) is 0 Å². The molecule has 0 N–H and O–H groups in total. The van der Waals surface area contributed by atoms with Gasteiger partial charge in [-0.25, -0.2) is 4.98 Å². The average Bonchev–Trinajstić information content (AvgIpc) is 3.89. The molecule has 0 aliphatic rings. The molecular formula is C47H26N2O2. The molecule has 12 rings (SSSR count). The maximum atomic E-state index is 6.62. The monoisotopic (exact) mass is 650 g/mol. The fourth-order valence-corrected chi connectivity index (χ4v) is 8.51. The topological polar surface area (TPSA) is 43.6 Å². The van der Waals surface area contributed by atoms with Gasteiger partial charge < -0.3 is 8.83 Å². The van der Waals surface area contributed by atoms with Crippen LogP contribution in [0.15, 0.2) is 167 Å². The van der Waals surface area contributed by atoms with Crippen molar-refractivity contribution in [2.24, 2.45) is 0 Å². The van der Waals surface area contributed by atoms with E-state index >= 15 is 0 Å². The molecule has 0 atom stereocenters. The minimum Gasteiger partial charge on any atom is -0.456 e. The van der Waals surface area contributed by atoms with E-state index in [-0.39, 0.29) is 0 Å². The van der Waals surface area contributed by atoms with Gasteiger partial charge in [-0.05, 0) is 80.9 Å². The molecule has 4 aromatic heterocycles. The van der Waals surface area contributed by atoms with Gasteiger partial charge in [0.15, 0.2) is 0 Å². The van der Waals surface area contributed by atoms with Crippen molar-refractivity contribution < 1.29 is 8.83 Å². The number of benzene rings is 8. The molecule has 0 amide bonds. The predicted molar refractivity (Wildman–Crippen MR) is 211 cm³/mol. The molecule has 0 aliphatic carbocycles. The molecule has 0 bridgehead atoms. The van der Waals surface area contributed by atoms with Crippen LogP contribution in [0.3, 0.4) is 0 Å². The summed E-state index contributed by atoms with van der Waals surface area (Å²) in [6, 6.07) is 55.9. The van der Waals surface area contributed by atoms with Crippen molar-refractivity contribution in [3.8, 4) is 22.3 Å². The molecule has 51 heavy (non-hydrogen) atoms. The van der Waals surface area contributed by atoms with E-state index in [1.807, 2.05) is 24.3 Å². The zero-order chi connectivity index (χ0) is 33.2. The summed E-state index contributed by atoms with van der Waals surface area (Å²) >= 11 is 0. The zero-order valence-electron chi connectivity index (χ0n) is 27.2. The standard InChI is InChI=1S/C47H26N2O2/c1-3-11-33-31(10-1)36(26-43-44(33)46-42(51-43)24-23-41-45(46)35-13-5-8-16-40(35)50-41)28-19-17-27(18-20-28)29-21-22-32-30-9-2-4-12-34(30)47-48-37-14-6-7-15-38(37)49(47)39(32)25-29/h1-26H. The van der Waals surface area contributed by atoms with Crippen LogP contribution in [0.1, 0.15) is 0 Å². The van der Waals surface area contributed by atoms with E-state index in [4.69, 9.17) is 13.8 Å². The van der Waals surface area contributed by atoms with Crippen molar-refractivity contribution in [2.75, 3.05) is 0 Å². The Kier molecular flexibility index (Phi) is 5.20. The first-order chi connectivity index (χ1) is 25.3. The van der Waals surface area contributed by atoms with Crippen molar-refractivity contribution in [1.82, 2.24) is 9.38 Å². The van der Waals surface area contributed by atoms with Crippen molar-refractivity contribution in [3.05, 3.63) is 158 Å². The Bertz CT molecular complexity index is 3420. The first kappa shape index (κ1) is 27.0. The Morgan fingerprint density at radius 1 is 0.373 bits per heavy atom. The number of rotatable bonds is 2. The number of nitrogens with zero attached hydrogens (tertiary/aromatic N) is 2. The van der Waals surface area contributed by atoms with Gasteiger partial charge in [-0.3, -0.25) is 4.40 Å². The van der Waals surface area contributed by atoms with Gasteiger partial charge >= 0.3 is 0 Å². The number of furan rings is 2. The van der Waals surface area contributed by atoms with Gasteiger partial charge in [0.1, 0.15) is 28.0 Å². The minimum absolute atomic E-state index is 0.866. The molecule has 4 nitrogen and oxygen atoms in total. The van der Waals surface area contributed by atoms with E-state index in [1.165, 1.54) is 21.5 Å². The van der Waals surface area contributed by atoms with E-state index in [1.54, 1.807) is 0 Å². The van der Waals surface area contributed by atoms with Crippen LogP contribution in [-0.2, 0) is 0 Å². The van der Waals surface area contributed by atoms with Crippen molar-refractivity contribution >= 4 is 93.0 Å². The van der Waals surface area contributed by atoms with E-state index < -0.39 is 0 Å². The third-order valence-electron chi connectivity index (χ3n) is 10.8. The number of hydrogen-bond acceptors (Lipinski definition) is 3. The molecule has 0 fully saturated rings. The van der Waals surface area contributed by atoms with Gasteiger partial charge in [0, 0.05) is 32.3 Å². The average molecular weight is 651 g/mol. The Morgan fingerprint density at radius 2 is 1.00 bits per heavy atom. The van der Waals surface area contributed by atoms with Gasteiger partial charge in [-0.15, -0.1) is 0 Å². The SMILES string of the molecule is c1ccc2c(c1)nc1c3ccccc3c3ccc(-c4ccc(-c5cc6oc7ccc8oc9ccccc9c8c7c6c6ccccc56)cc4)cc3n21. The van der Waals surface area contributed by atoms with Gasteiger partial charge in [0.25, 0.3) is 0 Å². The number of imidazole rings is 1. The third kappa shape index (κ3) is 3.65. The quantitative estimate of drug-likeness (QED) is 0.175. The Morgan fingerprint density at radius 3 is 1.86 bits per heavy atom. The molecule has 4 heteroatoms. The highest BCUT2D eigenvalue weighted by Gasteiger charge is 2.20. The molecule has 236 valence electrons. The second kappa shape index (κ2) is 9.84. The minimum atomic E-state index is 0.866. The summed E-state index contributed by atoms with van der Waals surface area (Å²) in [5.41, 5.74) is 12.4. The zero-order valence-corrected chi connectivity index (χ0v) is 27.2. The second-order valence-electron chi connectivity index (χ2n) is 13.5. The summed E-state index contributed by atoms with van der Waals surface area (Å²) in [6.45, 7) is 0. The van der Waals surface area contributed by atoms with Crippen molar-refractivity contribution in [3.63, 3.8) is 0 Å². The van der Waals surface area contributed by atoms with Gasteiger partial charge in [0.2, 0.25) is 0 Å². The highest BCUT2D eigenvalue weighted by atomic mass is 16.3. The Labute approximate surface area is 290 Å². The lowest BCUT2D eigenvalue weighted by Crippen LogP contribution is -1.92. The molecule has 0 saturated carbocycles. The first-order valence-corrected chi connectivity index (χ1v) is 17.3. The molecule has 0 radical (unpaired) electrons. The van der Waals surface area contributed by atoms with Crippen LogP contribution in [0.25, 0.3) is 115 Å². The molecule has 0 unspecified atom stereocenters. The number of fused-ring (bicyclic) bond motifs is 17. The number of pyridine rings is 1. The van der Waals surface area contributed by atoms with Crippen molar-refractivity contribution in [2.45, 2.75) is 0 Å². The van der Waals surface area contributed by atoms with Crippen LogP contribution in [0.4, 0.5) is 0 Å². The smallest absolute Gasteiger partial charge is 0.146 e. The lowest BCUT2D eigenvalue weighted by molar-refractivity contribution is 0.663. The molecule has 0 saturated heterocycles. The highest BCUT2D eigenvalue weighted by molar-refractivity contribution is 6.31. The van der Waals surface area contributed by atoms with Crippen LogP contribution in [0.2, 0.25) is 0 Å². The molecule has 0 aliphatic heterocycles. The van der Waals surface area contributed by atoms with Gasteiger partial charge in [-0.1, -0.05) is 115 Å². The van der Waals surface area contributed by atoms with E-state index in [0.717, 1.165) is 93.7 Å². The van der Waals surface area contributed by atoms with E-state index in [9.17, 15) is 0 Å². The summed E-state index contributed by atoms with van der Waals surface area (Å²) in [5, 5.41) is 10.4. The molecule has 12 aromatic rings. The molecular weight excluding hydrogens is 625 g/mol. The highest BCUT2D eigenvalue weighted by Crippen LogP contribution is 2.45. The van der Waals surface area contributed by atoms with E-state index in [0.29, 0.717) is 0 Å². The number of para-hydroxylation sites is 3. The fourth-order valence-electron chi connectivity index (χ4n) is 8.51. The predicted octanol–water partition coefficient (Wildman–Crippen LogP) is 13.1. The fraction of sp³-hybridized carbons (Fsp3) is 0. The van der Waals surface area contributed by atoms with Crippen LogP contribution < -0.4 is 0 Å². The largest absolute Gasteiger partial charge is 0.456 e. The Hall–Kier alpha value is -6.91. The summed E-state index contributed by atoms with van der Waals surface area (Å²) < 4.78 is 15.2. The summed E-state index contributed by atoms with van der Waals surface area (Å²) in [6.07, 6.45) is 0. The lowest BCUT2D eigenvalue weighted by atomic mass is 9.93. The normalized spacial score (nSPS) is 12.3. The summed E-state index contributed by atoms with van der Waals surface area (Å²) in [4.78, 5) is 5.08. The lowest BCUT2D eigenvalue weighted by Gasteiger charge is -2.12.